The Morgan fingerprint density at radius 3 is 2.72 bits per heavy atom. The van der Waals surface area contributed by atoms with Gasteiger partial charge < -0.3 is 14.6 Å². The second-order valence-electron chi connectivity index (χ2n) is 6.14. The van der Waals surface area contributed by atoms with Crippen molar-refractivity contribution in [2.75, 3.05) is 7.11 Å². The number of aryl methyl sites for hydroxylation is 3. The summed E-state index contributed by atoms with van der Waals surface area (Å²) < 4.78 is 7.18. The van der Waals surface area contributed by atoms with Crippen LogP contribution in [0.3, 0.4) is 0 Å². The number of rotatable bonds is 5. The van der Waals surface area contributed by atoms with Crippen LogP contribution >= 0.6 is 11.3 Å². The van der Waals surface area contributed by atoms with E-state index in [9.17, 15) is 4.79 Å². The Kier molecular flexibility index (Phi) is 4.81. The zero-order chi connectivity index (χ0) is 18.1. The molecule has 0 radical (unpaired) electrons. The number of amides is 1. The molecule has 1 atom stereocenters. The van der Waals surface area contributed by atoms with Gasteiger partial charge in [0, 0.05) is 22.8 Å². The molecule has 0 aliphatic carbocycles. The third-order valence-corrected chi connectivity index (χ3v) is 5.73. The summed E-state index contributed by atoms with van der Waals surface area (Å²) >= 11 is 1.65. The van der Waals surface area contributed by atoms with Gasteiger partial charge in [0.05, 0.1) is 18.8 Å². The Bertz CT molecular complexity index is 907. The molecule has 3 rings (SSSR count). The Morgan fingerprint density at radius 1 is 1.36 bits per heavy atom. The molecule has 3 aromatic rings. The first kappa shape index (κ1) is 17.5. The van der Waals surface area contributed by atoms with E-state index in [0.717, 1.165) is 33.8 Å². The van der Waals surface area contributed by atoms with Crippen molar-refractivity contribution in [2.24, 2.45) is 7.05 Å². The van der Waals surface area contributed by atoms with E-state index in [2.05, 4.69) is 24.1 Å². The minimum Gasteiger partial charge on any atom is -0.497 e. The molecular formula is C19H23N3O2S. The van der Waals surface area contributed by atoms with Crippen molar-refractivity contribution < 1.29 is 9.53 Å². The van der Waals surface area contributed by atoms with Gasteiger partial charge in [-0.2, -0.15) is 0 Å². The largest absolute Gasteiger partial charge is 0.497 e. The van der Waals surface area contributed by atoms with E-state index in [1.165, 1.54) is 4.88 Å². The lowest BCUT2D eigenvalue weighted by Crippen LogP contribution is -2.29. The van der Waals surface area contributed by atoms with Gasteiger partial charge in [-0.1, -0.05) is 6.92 Å². The molecule has 132 valence electrons. The van der Waals surface area contributed by atoms with Crippen LogP contribution in [0.2, 0.25) is 0 Å². The van der Waals surface area contributed by atoms with E-state index in [1.807, 2.05) is 42.8 Å². The van der Waals surface area contributed by atoms with Gasteiger partial charge in [-0.05, 0) is 44.5 Å². The van der Waals surface area contributed by atoms with Gasteiger partial charge in [0.25, 0.3) is 5.91 Å². The van der Waals surface area contributed by atoms with Crippen LogP contribution in [0.4, 0.5) is 0 Å². The molecule has 6 heteroatoms. The standard InChI is InChI=1S/C19H23N3O2S/c1-6-15(19-20-11(2)12(3)25-19)21-18(23)17-10-13-9-14(24-5)7-8-16(13)22(17)4/h7-10,15H,6H2,1-5H3,(H,21,23). The van der Waals surface area contributed by atoms with Crippen molar-refractivity contribution in [3.8, 4) is 5.75 Å². The van der Waals surface area contributed by atoms with Crippen molar-refractivity contribution in [1.29, 1.82) is 0 Å². The van der Waals surface area contributed by atoms with Crippen LogP contribution < -0.4 is 10.1 Å². The summed E-state index contributed by atoms with van der Waals surface area (Å²) in [5, 5.41) is 5.08. The Labute approximate surface area is 151 Å². The van der Waals surface area contributed by atoms with E-state index >= 15 is 0 Å². The molecule has 0 spiro atoms. The fraction of sp³-hybridized carbons (Fsp3) is 0.368. The molecule has 1 aromatic carbocycles. The minimum atomic E-state index is -0.0879. The molecule has 0 saturated heterocycles. The third kappa shape index (κ3) is 3.26. The number of carbonyl (C=O) groups is 1. The monoisotopic (exact) mass is 357 g/mol. The minimum absolute atomic E-state index is 0.0718. The first-order valence-electron chi connectivity index (χ1n) is 8.32. The number of nitrogens with zero attached hydrogens (tertiary/aromatic N) is 2. The molecule has 0 bridgehead atoms. The molecule has 1 unspecified atom stereocenters. The topological polar surface area (TPSA) is 56.1 Å². The first-order valence-corrected chi connectivity index (χ1v) is 9.14. The van der Waals surface area contributed by atoms with Crippen LogP contribution in [0.1, 0.15) is 45.5 Å². The SMILES string of the molecule is CCC(NC(=O)c1cc2cc(OC)ccc2n1C)c1nc(C)c(C)s1. The van der Waals surface area contributed by atoms with E-state index in [4.69, 9.17) is 4.74 Å². The predicted octanol–water partition coefficient (Wildman–Crippen LogP) is 4.14. The van der Waals surface area contributed by atoms with Crippen molar-refractivity contribution in [1.82, 2.24) is 14.9 Å². The maximum atomic E-state index is 12.8. The lowest BCUT2D eigenvalue weighted by molar-refractivity contribution is 0.0927. The number of carbonyl (C=O) groups excluding carboxylic acids is 1. The quantitative estimate of drug-likeness (QED) is 0.746. The van der Waals surface area contributed by atoms with Gasteiger partial charge in [-0.25, -0.2) is 4.98 Å². The Balaban J connectivity index is 1.89. The van der Waals surface area contributed by atoms with Gasteiger partial charge in [-0.15, -0.1) is 11.3 Å². The van der Waals surface area contributed by atoms with Crippen LogP contribution in [0, 0.1) is 13.8 Å². The molecule has 1 amide bonds. The van der Waals surface area contributed by atoms with Gasteiger partial charge in [0.15, 0.2) is 0 Å². The average Bonchev–Trinajstić information content (AvgIpc) is 3.12. The predicted molar refractivity (Wildman–Crippen MR) is 102 cm³/mol. The number of fused-ring (bicyclic) bond motifs is 1. The van der Waals surface area contributed by atoms with E-state index in [1.54, 1.807) is 18.4 Å². The number of nitrogens with one attached hydrogen (secondary N) is 1. The lowest BCUT2D eigenvalue weighted by atomic mass is 10.2. The highest BCUT2D eigenvalue weighted by Crippen LogP contribution is 2.27. The summed E-state index contributed by atoms with van der Waals surface area (Å²) in [7, 11) is 3.55. The number of aromatic nitrogens is 2. The number of benzene rings is 1. The van der Waals surface area contributed by atoms with Crippen LogP contribution in [-0.2, 0) is 7.05 Å². The molecule has 2 heterocycles. The van der Waals surface area contributed by atoms with Crippen molar-refractivity contribution in [2.45, 2.75) is 33.2 Å². The van der Waals surface area contributed by atoms with Crippen molar-refractivity contribution in [3.63, 3.8) is 0 Å². The zero-order valence-electron chi connectivity index (χ0n) is 15.2. The Morgan fingerprint density at radius 2 is 2.12 bits per heavy atom. The van der Waals surface area contributed by atoms with E-state index in [-0.39, 0.29) is 11.9 Å². The van der Waals surface area contributed by atoms with Gasteiger partial charge in [0.1, 0.15) is 16.5 Å². The Hall–Kier alpha value is -2.34. The highest BCUT2D eigenvalue weighted by atomic mass is 32.1. The molecule has 0 aliphatic rings. The summed E-state index contributed by atoms with van der Waals surface area (Å²) in [4.78, 5) is 18.6. The number of hydrogen-bond acceptors (Lipinski definition) is 4. The fourth-order valence-electron chi connectivity index (χ4n) is 2.89. The summed E-state index contributed by atoms with van der Waals surface area (Å²) in [5.74, 6) is 0.695. The fourth-order valence-corrected chi connectivity index (χ4v) is 3.95. The van der Waals surface area contributed by atoms with Crippen LogP contribution in [0.15, 0.2) is 24.3 Å². The molecular weight excluding hydrogens is 334 g/mol. The van der Waals surface area contributed by atoms with E-state index in [0.29, 0.717) is 5.69 Å². The molecule has 2 aromatic heterocycles. The van der Waals surface area contributed by atoms with Crippen molar-refractivity contribution >= 4 is 28.1 Å². The number of hydrogen-bond donors (Lipinski definition) is 1. The highest BCUT2D eigenvalue weighted by Gasteiger charge is 2.20. The average molecular weight is 357 g/mol. The van der Waals surface area contributed by atoms with Crippen LogP contribution in [0.5, 0.6) is 5.75 Å². The summed E-state index contributed by atoms with van der Waals surface area (Å²) in [6.07, 6.45) is 0.801. The number of ether oxygens (including phenoxy) is 1. The summed E-state index contributed by atoms with van der Waals surface area (Å²) in [6.45, 7) is 6.12. The van der Waals surface area contributed by atoms with Gasteiger partial charge in [0.2, 0.25) is 0 Å². The van der Waals surface area contributed by atoms with E-state index < -0.39 is 0 Å². The highest BCUT2D eigenvalue weighted by molar-refractivity contribution is 7.11. The summed E-state index contributed by atoms with van der Waals surface area (Å²) in [6, 6.07) is 7.64. The van der Waals surface area contributed by atoms with Crippen LogP contribution in [0.25, 0.3) is 10.9 Å². The first-order chi connectivity index (χ1) is 11.9. The number of thiazole rings is 1. The molecule has 1 N–H and O–H groups in total. The van der Waals surface area contributed by atoms with Crippen molar-refractivity contribution in [3.05, 3.63) is 45.5 Å². The van der Waals surface area contributed by atoms with Gasteiger partial charge in [-0.3, -0.25) is 4.79 Å². The third-order valence-electron chi connectivity index (χ3n) is 4.54. The molecule has 25 heavy (non-hydrogen) atoms. The maximum Gasteiger partial charge on any atom is 0.268 e. The summed E-state index contributed by atoms with van der Waals surface area (Å²) in [5.41, 5.74) is 2.66. The second-order valence-corrected chi connectivity index (χ2v) is 7.38. The maximum absolute atomic E-state index is 12.8. The molecule has 0 saturated carbocycles. The van der Waals surface area contributed by atoms with Crippen LogP contribution in [-0.4, -0.2) is 22.6 Å². The normalized spacial score (nSPS) is 12.4. The molecule has 5 nitrogen and oxygen atoms in total. The lowest BCUT2D eigenvalue weighted by Gasteiger charge is -2.15. The molecule has 0 fully saturated rings. The smallest absolute Gasteiger partial charge is 0.268 e. The number of methoxy groups -OCH3 is 1. The second kappa shape index (κ2) is 6.88. The van der Waals surface area contributed by atoms with Gasteiger partial charge >= 0.3 is 0 Å². The molecule has 0 aliphatic heterocycles. The zero-order valence-corrected chi connectivity index (χ0v) is 16.0.